The molecule has 0 radical (unpaired) electrons. The lowest BCUT2D eigenvalue weighted by Gasteiger charge is -2.10. The summed E-state index contributed by atoms with van der Waals surface area (Å²) in [5.41, 5.74) is 1.62. The fourth-order valence-electron chi connectivity index (χ4n) is 2.36. The minimum atomic E-state index is -0.436. The summed E-state index contributed by atoms with van der Waals surface area (Å²) in [5.74, 6) is 1.53. The Morgan fingerprint density at radius 2 is 1.89 bits per heavy atom. The number of pyridine rings is 1. The maximum Gasteiger partial charge on any atom is 0.331 e. The molecule has 0 amide bonds. The van der Waals surface area contributed by atoms with Crippen LogP contribution in [-0.4, -0.2) is 18.1 Å². The third kappa shape index (κ3) is 5.44. The highest BCUT2D eigenvalue weighted by atomic mass is 16.5. The number of methoxy groups -OCH3 is 1. The van der Waals surface area contributed by atoms with Crippen LogP contribution in [0.5, 0.6) is 17.2 Å². The number of carbonyl (C=O) groups is 1. The Labute approximate surface area is 157 Å². The van der Waals surface area contributed by atoms with Crippen LogP contribution in [0.3, 0.4) is 0 Å². The van der Waals surface area contributed by atoms with E-state index in [2.05, 4.69) is 4.98 Å². The molecule has 0 bridgehead atoms. The molecule has 0 fully saturated rings. The molecular formula is C22H19NO4. The summed E-state index contributed by atoms with van der Waals surface area (Å²) < 4.78 is 16.3. The molecule has 0 aliphatic rings. The van der Waals surface area contributed by atoms with Gasteiger partial charge < -0.3 is 14.2 Å². The molecule has 0 spiro atoms. The van der Waals surface area contributed by atoms with Gasteiger partial charge in [0.1, 0.15) is 23.9 Å². The minimum absolute atomic E-state index is 0.109. The van der Waals surface area contributed by atoms with Gasteiger partial charge >= 0.3 is 5.97 Å². The highest BCUT2D eigenvalue weighted by molar-refractivity contribution is 5.87. The van der Waals surface area contributed by atoms with E-state index < -0.39 is 5.97 Å². The van der Waals surface area contributed by atoms with E-state index >= 15 is 0 Å². The van der Waals surface area contributed by atoms with Gasteiger partial charge in [0, 0.05) is 17.8 Å². The van der Waals surface area contributed by atoms with E-state index in [1.807, 2.05) is 54.6 Å². The molecule has 0 N–H and O–H groups in total. The summed E-state index contributed by atoms with van der Waals surface area (Å²) in [5, 5.41) is 0. The monoisotopic (exact) mass is 361 g/mol. The average molecular weight is 361 g/mol. The van der Waals surface area contributed by atoms with Crippen molar-refractivity contribution in [1.29, 1.82) is 0 Å². The van der Waals surface area contributed by atoms with Crippen molar-refractivity contribution < 1.29 is 19.0 Å². The van der Waals surface area contributed by atoms with Crippen LogP contribution >= 0.6 is 0 Å². The lowest BCUT2D eigenvalue weighted by atomic mass is 10.2. The van der Waals surface area contributed by atoms with E-state index in [0.29, 0.717) is 11.5 Å². The number of rotatable bonds is 7. The van der Waals surface area contributed by atoms with Gasteiger partial charge in [-0.2, -0.15) is 0 Å². The molecule has 2 aromatic carbocycles. The van der Waals surface area contributed by atoms with Gasteiger partial charge in [-0.3, -0.25) is 4.98 Å². The molecule has 0 saturated carbocycles. The molecule has 0 atom stereocenters. The Morgan fingerprint density at radius 3 is 2.70 bits per heavy atom. The average Bonchev–Trinajstić information content (AvgIpc) is 2.72. The molecule has 0 aliphatic carbocycles. The van der Waals surface area contributed by atoms with E-state index in [-0.39, 0.29) is 6.61 Å². The number of para-hydroxylation sites is 1. The maximum atomic E-state index is 12.0. The lowest BCUT2D eigenvalue weighted by Crippen LogP contribution is -2.02. The number of esters is 1. The number of benzene rings is 2. The summed E-state index contributed by atoms with van der Waals surface area (Å²) in [6.07, 6.45) is 6.37. The van der Waals surface area contributed by atoms with E-state index in [1.165, 1.54) is 6.08 Å². The number of carbonyl (C=O) groups excluding carboxylic acids is 1. The number of ether oxygens (including phenoxy) is 3. The molecular weight excluding hydrogens is 342 g/mol. The van der Waals surface area contributed by atoms with E-state index in [0.717, 1.165) is 16.9 Å². The first-order valence-corrected chi connectivity index (χ1v) is 8.39. The fraction of sp³-hybridized carbons (Fsp3) is 0.0909. The molecule has 3 aromatic rings. The second-order valence-electron chi connectivity index (χ2n) is 5.62. The van der Waals surface area contributed by atoms with Crippen LogP contribution in [-0.2, 0) is 16.1 Å². The number of hydrogen-bond acceptors (Lipinski definition) is 5. The second kappa shape index (κ2) is 9.20. The predicted molar refractivity (Wildman–Crippen MR) is 103 cm³/mol. The summed E-state index contributed by atoms with van der Waals surface area (Å²) >= 11 is 0. The molecule has 0 unspecified atom stereocenters. The van der Waals surface area contributed by atoms with Crippen molar-refractivity contribution in [2.24, 2.45) is 0 Å². The van der Waals surface area contributed by atoms with Gasteiger partial charge in [-0.05, 0) is 42.0 Å². The topological polar surface area (TPSA) is 57.7 Å². The fourth-order valence-corrected chi connectivity index (χ4v) is 2.36. The van der Waals surface area contributed by atoms with Crippen LogP contribution < -0.4 is 9.47 Å². The smallest absolute Gasteiger partial charge is 0.331 e. The zero-order valence-electron chi connectivity index (χ0n) is 14.9. The third-order valence-electron chi connectivity index (χ3n) is 3.71. The quantitative estimate of drug-likeness (QED) is 0.453. The molecule has 5 heteroatoms. The van der Waals surface area contributed by atoms with E-state index in [9.17, 15) is 4.79 Å². The van der Waals surface area contributed by atoms with Gasteiger partial charge in [0.05, 0.1) is 13.3 Å². The maximum absolute atomic E-state index is 12.0. The van der Waals surface area contributed by atoms with Gasteiger partial charge in [0.2, 0.25) is 0 Å². The molecule has 3 rings (SSSR count). The molecule has 1 heterocycles. The molecule has 1 aromatic heterocycles. The number of nitrogens with zero attached hydrogens (tertiary/aromatic N) is 1. The van der Waals surface area contributed by atoms with Crippen molar-refractivity contribution in [3.05, 3.63) is 90.3 Å². The summed E-state index contributed by atoms with van der Waals surface area (Å²) in [6, 6.07) is 18.4. The normalized spacial score (nSPS) is 10.6. The summed E-state index contributed by atoms with van der Waals surface area (Å²) in [6.45, 7) is 0.109. The van der Waals surface area contributed by atoms with Crippen LogP contribution in [0.25, 0.3) is 6.08 Å². The zero-order chi connectivity index (χ0) is 18.9. The lowest BCUT2D eigenvalue weighted by molar-refractivity contribution is -0.138. The van der Waals surface area contributed by atoms with Crippen molar-refractivity contribution in [2.45, 2.75) is 6.61 Å². The van der Waals surface area contributed by atoms with Gasteiger partial charge in [0.25, 0.3) is 0 Å². The highest BCUT2D eigenvalue weighted by Gasteiger charge is 2.07. The van der Waals surface area contributed by atoms with Gasteiger partial charge in [-0.25, -0.2) is 4.79 Å². The van der Waals surface area contributed by atoms with Crippen LogP contribution in [0.1, 0.15) is 11.1 Å². The Hall–Kier alpha value is -3.60. The van der Waals surface area contributed by atoms with Crippen LogP contribution in [0.15, 0.2) is 79.1 Å². The molecule has 0 aliphatic heterocycles. The Balaban J connectivity index is 1.61. The first-order chi connectivity index (χ1) is 13.2. The van der Waals surface area contributed by atoms with Crippen LogP contribution in [0.4, 0.5) is 0 Å². The van der Waals surface area contributed by atoms with Gasteiger partial charge in [-0.15, -0.1) is 0 Å². The van der Waals surface area contributed by atoms with Crippen LogP contribution in [0, 0.1) is 0 Å². The molecule has 0 saturated heterocycles. The Morgan fingerprint density at radius 1 is 1.04 bits per heavy atom. The van der Waals surface area contributed by atoms with Crippen LogP contribution in [0.2, 0.25) is 0 Å². The Kier molecular flexibility index (Phi) is 6.20. The van der Waals surface area contributed by atoms with E-state index in [1.54, 1.807) is 31.6 Å². The molecule has 136 valence electrons. The van der Waals surface area contributed by atoms with Crippen molar-refractivity contribution in [3.8, 4) is 17.2 Å². The van der Waals surface area contributed by atoms with Gasteiger partial charge in [0.15, 0.2) is 0 Å². The van der Waals surface area contributed by atoms with Crippen molar-refractivity contribution in [3.63, 3.8) is 0 Å². The molecule has 27 heavy (non-hydrogen) atoms. The zero-order valence-corrected chi connectivity index (χ0v) is 14.9. The third-order valence-corrected chi connectivity index (χ3v) is 3.71. The van der Waals surface area contributed by atoms with Gasteiger partial charge in [-0.1, -0.05) is 30.3 Å². The first-order valence-electron chi connectivity index (χ1n) is 8.39. The Bertz CT molecular complexity index is 922. The first kappa shape index (κ1) is 18.2. The van der Waals surface area contributed by atoms with E-state index in [4.69, 9.17) is 14.2 Å². The summed E-state index contributed by atoms with van der Waals surface area (Å²) in [7, 11) is 1.60. The SMILES string of the molecule is COc1cccc(/C=C/C(=O)OCc2ccccc2Oc2cccnc2)c1. The van der Waals surface area contributed by atoms with Crippen molar-refractivity contribution >= 4 is 12.0 Å². The second-order valence-corrected chi connectivity index (χ2v) is 5.62. The number of hydrogen-bond donors (Lipinski definition) is 0. The van der Waals surface area contributed by atoms with Crippen molar-refractivity contribution in [2.75, 3.05) is 7.11 Å². The minimum Gasteiger partial charge on any atom is -0.497 e. The standard InChI is InChI=1S/C22H19NO4/c1-25-19-8-4-6-17(14-19)11-12-22(24)26-16-18-7-2-3-10-21(18)27-20-9-5-13-23-15-20/h2-15H,16H2,1H3/b12-11+. The largest absolute Gasteiger partial charge is 0.497 e. The number of aromatic nitrogens is 1. The summed E-state index contributed by atoms with van der Waals surface area (Å²) in [4.78, 5) is 16.0. The van der Waals surface area contributed by atoms with Crippen molar-refractivity contribution in [1.82, 2.24) is 4.98 Å². The highest BCUT2D eigenvalue weighted by Crippen LogP contribution is 2.25. The predicted octanol–water partition coefficient (Wildman–Crippen LogP) is 4.64. The molecule has 5 nitrogen and oxygen atoms in total.